The highest BCUT2D eigenvalue weighted by Gasteiger charge is 2.61. The van der Waals surface area contributed by atoms with Gasteiger partial charge in [-0.2, -0.15) is 0 Å². The van der Waals surface area contributed by atoms with Gasteiger partial charge in [0.15, 0.2) is 0 Å². The molecule has 0 amide bonds. The van der Waals surface area contributed by atoms with E-state index in [1.165, 1.54) is 38.5 Å². The van der Waals surface area contributed by atoms with Crippen LogP contribution in [0.2, 0.25) is 0 Å². The lowest BCUT2D eigenvalue weighted by Gasteiger charge is -2.65. The Hall–Kier alpha value is -0.0800. The Morgan fingerprint density at radius 1 is 0.389 bits per heavy atom. The first-order valence-corrected chi connectivity index (χ1v) is 7.94. The van der Waals surface area contributed by atoms with Crippen LogP contribution in [0.5, 0.6) is 0 Å². The molecule has 6 aliphatic carbocycles. The van der Waals surface area contributed by atoms with Gasteiger partial charge in [0.05, 0.1) is 11.2 Å². The Balaban J connectivity index is 1.64. The van der Waals surface area contributed by atoms with Gasteiger partial charge >= 0.3 is 0 Å². The van der Waals surface area contributed by atoms with Gasteiger partial charge in [-0.25, -0.2) is 0 Å². The Kier molecular flexibility index (Phi) is 2.16. The van der Waals surface area contributed by atoms with Crippen LogP contribution < -0.4 is 0 Å². The average Bonchev–Trinajstić information content (AvgIpc) is 2.41. The zero-order chi connectivity index (χ0) is 12.5. The van der Waals surface area contributed by atoms with E-state index in [1.807, 2.05) is 0 Å². The van der Waals surface area contributed by atoms with Crippen molar-refractivity contribution in [1.82, 2.24) is 0 Å². The summed E-state index contributed by atoms with van der Waals surface area (Å²) in [6.45, 7) is 0. The maximum absolute atomic E-state index is 10.4. The van der Waals surface area contributed by atoms with Crippen molar-refractivity contribution >= 4 is 0 Å². The number of hydrogen-bond donors (Lipinski definition) is 2. The first kappa shape index (κ1) is 11.7. The van der Waals surface area contributed by atoms with Crippen molar-refractivity contribution in [3.8, 4) is 0 Å². The lowest BCUT2D eigenvalue weighted by Crippen LogP contribution is -2.59. The summed E-state index contributed by atoms with van der Waals surface area (Å²) < 4.78 is 0. The second-order valence-electron chi connectivity index (χ2n) is 8.01. The summed E-state index contributed by atoms with van der Waals surface area (Å²) in [4.78, 5) is 0. The van der Waals surface area contributed by atoms with E-state index < -0.39 is 0 Å². The molecule has 0 atom stereocenters. The number of fused-ring (bicyclic) bond motifs is 6. The Morgan fingerprint density at radius 3 is 0.833 bits per heavy atom. The molecule has 6 rings (SSSR count). The van der Waals surface area contributed by atoms with E-state index in [9.17, 15) is 10.2 Å². The Bertz CT molecular complexity index is 288. The zero-order valence-electron chi connectivity index (χ0n) is 11.4. The molecule has 2 heteroatoms. The summed E-state index contributed by atoms with van der Waals surface area (Å²) in [5.41, 5.74) is 0.448. The summed E-state index contributed by atoms with van der Waals surface area (Å²) in [6.07, 6.45) is 13.8. The number of hydrogen-bond acceptors (Lipinski definition) is 2. The van der Waals surface area contributed by atoms with Crippen LogP contribution in [0.1, 0.15) is 77.0 Å². The molecule has 0 aliphatic heterocycles. The predicted molar refractivity (Wildman–Crippen MR) is 70.2 cm³/mol. The van der Waals surface area contributed by atoms with Gasteiger partial charge in [-0.05, 0) is 87.9 Å². The molecular formula is C16H26O2. The molecule has 4 bridgehead atoms. The monoisotopic (exact) mass is 250 g/mol. The Morgan fingerprint density at radius 2 is 0.611 bits per heavy atom. The highest BCUT2D eigenvalue weighted by molar-refractivity contribution is 5.12. The summed E-state index contributed by atoms with van der Waals surface area (Å²) in [5.74, 6) is 0. The van der Waals surface area contributed by atoms with Crippen molar-refractivity contribution in [2.45, 2.75) is 88.3 Å². The highest BCUT2D eigenvalue weighted by Crippen LogP contribution is 2.69. The molecule has 0 aromatic rings. The van der Waals surface area contributed by atoms with Gasteiger partial charge in [-0.3, -0.25) is 0 Å². The van der Waals surface area contributed by atoms with Crippen molar-refractivity contribution in [2.24, 2.45) is 10.8 Å². The van der Waals surface area contributed by atoms with E-state index in [-0.39, 0.29) is 11.2 Å². The summed E-state index contributed by atoms with van der Waals surface area (Å²) in [5, 5.41) is 20.8. The zero-order valence-corrected chi connectivity index (χ0v) is 11.4. The Labute approximate surface area is 110 Å². The van der Waals surface area contributed by atoms with Crippen LogP contribution >= 0.6 is 0 Å². The van der Waals surface area contributed by atoms with Gasteiger partial charge in [0.2, 0.25) is 0 Å². The van der Waals surface area contributed by atoms with Crippen LogP contribution in [0.4, 0.5) is 0 Å². The molecule has 2 nitrogen and oxygen atoms in total. The summed E-state index contributed by atoms with van der Waals surface area (Å²) in [7, 11) is 0. The van der Waals surface area contributed by atoms with E-state index in [1.54, 1.807) is 0 Å². The van der Waals surface area contributed by atoms with Gasteiger partial charge in [-0.1, -0.05) is 0 Å². The first-order valence-electron chi connectivity index (χ1n) is 7.94. The second-order valence-corrected chi connectivity index (χ2v) is 8.01. The smallest absolute Gasteiger partial charge is 0.0648 e. The molecule has 0 radical (unpaired) electrons. The fraction of sp³-hybridized carbons (Fsp3) is 1.00. The molecule has 102 valence electrons. The lowest BCUT2D eigenvalue weighted by molar-refractivity contribution is -0.196. The largest absolute Gasteiger partial charge is 0.390 e. The molecule has 0 aromatic carbocycles. The molecule has 6 fully saturated rings. The molecule has 2 N–H and O–H groups in total. The molecule has 6 saturated carbocycles. The van der Waals surface area contributed by atoms with E-state index >= 15 is 0 Å². The van der Waals surface area contributed by atoms with Crippen molar-refractivity contribution in [3.63, 3.8) is 0 Å². The third-order valence-electron chi connectivity index (χ3n) is 7.54. The van der Waals surface area contributed by atoms with Crippen LogP contribution in [-0.4, -0.2) is 21.4 Å². The topological polar surface area (TPSA) is 40.5 Å². The molecule has 18 heavy (non-hydrogen) atoms. The van der Waals surface area contributed by atoms with Crippen molar-refractivity contribution in [2.75, 3.05) is 0 Å². The summed E-state index contributed by atoms with van der Waals surface area (Å²) >= 11 is 0. The lowest BCUT2D eigenvalue weighted by atomic mass is 9.41. The van der Waals surface area contributed by atoms with Crippen molar-refractivity contribution in [1.29, 1.82) is 0 Å². The average molecular weight is 250 g/mol. The third-order valence-corrected chi connectivity index (χ3v) is 7.54. The summed E-state index contributed by atoms with van der Waals surface area (Å²) in [6, 6.07) is 0. The van der Waals surface area contributed by atoms with Gasteiger partial charge in [-0.15, -0.1) is 0 Å². The standard InChI is InChI=1S/C16H26O2/c17-15-7-1-13(2-8-15,3-9-15)14-4-10-16(18,11-5-14)12-6-14/h17-18H,1-12H2. The molecule has 0 spiro atoms. The molecule has 0 heterocycles. The van der Waals surface area contributed by atoms with Crippen LogP contribution in [-0.2, 0) is 0 Å². The normalized spacial score (nSPS) is 59.0. The SMILES string of the molecule is OC12CCC(C34CCC(O)(CC3)CC4)(CC1)CC2. The minimum Gasteiger partial charge on any atom is -0.390 e. The van der Waals surface area contributed by atoms with E-state index in [0.29, 0.717) is 10.8 Å². The van der Waals surface area contributed by atoms with Crippen LogP contribution in [0.15, 0.2) is 0 Å². The first-order chi connectivity index (χ1) is 8.49. The fourth-order valence-corrected chi connectivity index (χ4v) is 5.92. The third kappa shape index (κ3) is 1.37. The minimum absolute atomic E-state index is 0.303. The second kappa shape index (κ2) is 3.32. The van der Waals surface area contributed by atoms with Crippen LogP contribution in [0.3, 0.4) is 0 Å². The molecule has 0 saturated heterocycles. The molecule has 0 aromatic heterocycles. The quantitative estimate of drug-likeness (QED) is 0.750. The molecule has 0 unspecified atom stereocenters. The minimum atomic E-state index is -0.303. The van der Waals surface area contributed by atoms with Gasteiger partial charge in [0.25, 0.3) is 0 Å². The van der Waals surface area contributed by atoms with Crippen molar-refractivity contribution < 1.29 is 10.2 Å². The fourth-order valence-electron chi connectivity index (χ4n) is 5.92. The highest BCUT2D eigenvalue weighted by atomic mass is 16.3. The van der Waals surface area contributed by atoms with Gasteiger partial charge in [0, 0.05) is 0 Å². The van der Waals surface area contributed by atoms with Gasteiger partial charge < -0.3 is 10.2 Å². The van der Waals surface area contributed by atoms with Crippen LogP contribution in [0.25, 0.3) is 0 Å². The maximum atomic E-state index is 10.4. The van der Waals surface area contributed by atoms with E-state index in [0.717, 1.165) is 38.5 Å². The molecular weight excluding hydrogens is 224 g/mol. The van der Waals surface area contributed by atoms with Gasteiger partial charge in [0.1, 0.15) is 0 Å². The van der Waals surface area contributed by atoms with E-state index in [4.69, 9.17) is 0 Å². The number of aliphatic hydroxyl groups is 2. The van der Waals surface area contributed by atoms with Crippen LogP contribution in [0, 0.1) is 10.8 Å². The molecule has 6 aliphatic rings. The predicted octanol–water partition coefficient (Wildman–Crippen LogP) is 3.16. The van der Waals surface area contributed by atoms with E-state index in [2.05, 4.69) is 0 Å². The number of rotatable bonds is 1. The van der Waals surface area contributed by atoms with Crippen molar-refractivity contribution in [3.05, 3.63) is 0 Å². The maximum Gasteiger partial charge on any atom is 0.0648 e.